The highest BCUT2D eigenvalue weighted by Gasteiger charge is 2.42. The molecule has 190 valence electrons. The molecule has 0 saturated carbocycles. The molecule has 1 aromatic heterocycles. The molecule has 0 aliphatic carbocycles. The Morgan fingerprint density at radius 3 is 2.61 bits per heavy atom. The number of carbonyl (C=O) groups is 1. The number of fused-ring (bicyclic) bond motifs is 3. The van der Waals surface area contributed by atoms with Crippen LogP contribution in [-0.2, 0) is 30.4 Å². The van der Waals surface area contributed by atoms with E-state index in [9.17, 15) is 22.4 Å². The first-order valence-electron chi connectivity index (χ1n) is 12.0. The first-order valence-corrected chi connectivity index (χ1v) is 12.9. The maximum absolute atomic E-state index is 13.4. The molecule has 0 bridgehead atoms. The number of rotatable bonds is 6. The average Bonchev–Trinajstić information content (AvgIpc) is 3.37. The second kappa shape index (κ2) is 10.2. The van der Waals surface area contributed by atoms with Crippen molar-refractivity contribution in [1.82, 2.24) is 10.2 Å². The number of alkyl halides is 3. The summed E-state index contributed by atoms with van der Waals surface area (Å²) in [4.78, 5) is 18.9. The second-order valence-corrected chi connectivity index (χ2v) is 10.4. The topological polar surface area (TPSA) is 35.6 Å². The van der Waals surface area contributed by atoms with Crippen molar-refractivity contribution in [3.63, 3.8) is 0 Å². The molecule has 1 saturated heterocycles. The highest BCUT2D eigenvalue weighted by atomic mass is 32.1. The molecule has 36 heavy (non-hydrogen) atoms. The highest BCUT2D eigenvalue weighted by Crippen LogP contribution is 2.40. The summed E-state index contributed by atoms with van der Waals surface area (Å²) < 4.78 is 53.6. The summed E-state index contributed by atoms with van der Waals surface area (Å²) >= 11 is 1.63. The summed E-state index contributed by atoms with van der Waals surface area (Å²) in [6, 6.07) is 14.1. The first-order chi connectivity index (χ1) is 17.3. The average molecular weight is 518 g/mol. The highest BCUT2D eigenvalue weighted by molar-refractivity contribution is 7.09. The zero-order valence-corrected chi connectivity index (χ0v) is 20.4. The van der Waals surface area contributed by atoms with Crippen molar-refractivity contribution in [1.29, 1.82) is 0 Å². The number of carbonyl (C=O) groups excluding carboxylic acids is 1. The van der Waals surface area contributed by atoms with Crippen LogP contribution in [0.3, 0.4) is 0 Å². The zero-order valence-electron chi connectivity index (χ0n) is 19.6. The fraction of sp³-hybridized carbons (Fsp3) is 0.370. The van der Waals surface area contributed by atoms with Gasteiger partial charge in [-0.15, -0.1) is 11.3 Å². The number of hydrogen-bond acceptors (Lipinski definition) is 4. The molecule has 2 aromatic carbocycles. The van der Waals surface area contributed by atoms with Gasteiger partial charge in [0.15, 0.2) is 0 Å². The summed E-state index contributed by atoms with van der Waals surface area (Å²) in [5.74, 6) is -0.890. The van der Waals surface area contributed by atoms with Crippen LogP contribution >= 0.6 is 11.3 Å². The number of amides is 1. The molecule has 0 spiro atoms. The van der Waals surface area contributed by atoms with Gasteiger partial charge in [0.25, 0.3) is 0 Å². The number of benzene rings is 2. The van der Waals surface area contributed by atoms with Crippen LogP contribution in [0.15, 0.2) is 60.0 Å². The van der Waals surface area contributed by atoms with Crippen LogP contribution in [0.1, 0.15) is 21.6 Å². The third-order valence-corrected chi connectivity index (χ3v) is 7.97. The lowest BCUT2D eigenvalue weighted by atomic mass is 9.82. The molecular formula is C27H27F4N3OS. The molecule has 1 fully saturated rings. The number of nitrogens with zero attached hydrogens (tertiary/aromatic N) is 2. The largest absolute Gasteiger partial charge is 0.416 e. The molecule has 5 rings (SSSR count). The number of hydrogen-bond donors (Lipinski definition) is 1. The maximum Gasteiger partial charge on any atom is 0.416 e. The van der Waals surface area contributed by atoms with E-state index < -0.39 is 17.7 Å². The van der Waals surface area contributed by atoms with Gasteiger partial charge in [-0.2, -0.15) is 13.2 Å². The normalized spacial score (nSPS) is 20.1. The molecule has 2 aliphatic heterocycles. The smallest absolute Gasteiger partial charge is 0.365 e. The Morgan fingerprint density at radius 2 is 1.89 bits per heavy atom. The standard InChI is InChI=1S/C27H27F4N3OS/c28-21-6-3-18(4-7-21)16-33-11-12-34-24-8-5-20(27(29,30)31)14-19(24)15-23(25(34)17-33)26(35)32-10-9-22-2-1-13-36-22/h1-8,13-14,23,25H,9-12,15-17H2,(H,32,35)/t23-,25+/m0/s1. The summed E-state index contributed by atoms with van der Waals surface area (Å²) in [5.41, 5.74) is 1.63. The first kappa shape index (κ1) is 24.8. The molecule has 2 aliphatic rings. The van der Waals surface area contributed by atoms with E-state index in [0.29, 0.717) is 38.3 Å². The van der Waals surface area contributed by atoms with E-state index in [4.69, 9.17) is 0 Å². The molecule has 0 radical (unpaired) electrons. The van der Waals surface area contributed by atoms with Crippen molar-refractivity contribution in [3.05, 3.63) is 87.4 Å². The van der Waals surface area contributed by atoms with Gasteiger partial charge in [-0.1, -0.05) is 18.2 Å². The SMILES string of the molecule is O=C(NCCc1cccs1)[C@H]1Cc2cc(C(F)(F)F)ccc2N2CCN(Cc3ccc(F)cc3)C[C@H]12. The maximum atomic E-state index is 13.4. The van der Waals surface area contributed by atoms with Crippen LogP contribution in [0.4, 0.5) is 23.2 Å². The van der Waals surface area contributed by atoms with Crippen LogP contribution in [0.2, 0.25) is 0 Å². The van der Waals surface area contributed by atoms with Gasteiger partial charge in [0.2, 0.25) is 5.91 Å². The van der Waals surface area contributed by atoms with Crippen LogP contribution in [-0.4, -0.2) is 43.0 Å². The second-order valence-electron chi connectivity index (χ2n) is 9.39. The molecule has 3 aromatic rings. The van der Waals surface area contributed by atoms with Gasteiger partial charge >= 0.3 is 6.18 Å². The fourth-order valence-corrected chi connectivity index (χ4v) is 5.95. The Kier molecular flexibility index (Phi) is 7.03. The quantitative estimate of drug-likeness (QED) is 0.461. The summed E-state index contributed by atoms with van der Waals surface area (Å²) in [5, 5.41) is 5.02. The van der Waals surface area contributed by atoms with Crippen LogP contribution in [0, 0.1) is 11.7 Å². The van der Waals surface area contributed by atoms with Gasteiger partial charge in [0, 0.05) is 43.3 Å². The Labute approximate surface area is 211 Å². The lowest BCUT2D eigenvalue weighted by Gasteiger charge is -2.49. The Morgan fingerprint density at radius 1 is 1.08 bits per heavy atom. The van der Waals surface area contributed by atoms with Gasteiger partial charge < -0.3 is 10.2 Å². The van der Waals surface area contributed by atoms with Crippen molar-refractivity contribution in [2.75, 3.05) is 31.1 Å². The van der Waals surface area contributed by atoms with Crippen molar-refractivity contribution >= 4 is 22.9 Å². The molecule has 1 N–H and O–H groups in total. The van der Waals surface area contributed by atoms with E-state index >= 15 is 0 Å². The molecule has 9 heteroatoms. The summed E-state index contributed by atoms with van der Waals surface area (Å²) in [6.45, 7) is 3.00. The number of piperazine rings is 1. The lowest BCUT2D eigenvalue weighted by Crippen LogP contribution is -2.61. The minimum absolute atomic E-state index is 0.131. The van der Waals surface area contributed by atoms with Gasteiger partial charge in [0.05, 0.1) is 17.5 Å². The monoisotopic (exact) mass is 517 g/mol. The van der Waals surface area contributed by atoms with Crippen LogP contribution in [0.25, 0.3) is 0 Å². The van der Waals surface area contributed by atoms with Crippen molar-refractivity contribution in [2.24, 2.45) is 5.92 Å². The van der Waals surface area contributed by atoms with E-state index in [1.807, 2.05) is 17.5 Å². The minimum Gasteiger partial charge on any atom is -0.365 e. The molecule has 2 atom stereocenters. The molecule has 1 amide bonds. The molecule has 4 nitrogen and oxygen atoms in total. The zero-order chi connectivity index (χ0) is 25.3. The Bertz CT molecular complexity index is 1200. The Hall–Kier alpha value is -2.91. The number of anilines is 1. The molecule has 3 heterocycles. The van der Waals surface area contributed by atoms with Gasteiger partial charge in [-0.25, -0.2) is 4.39 Å². The predicted octanol–water partition coefficient (Wildman–Crippen LogP) is 5.13. The lowest BCUT2D eigenvalue weighted by molar-refractivity contribution is -0.137. The number of nitrogens with one attached hydrogen (secondary N) is 1. The van der Waals surface area contributed by atoms with E-state index in [1.165, 1.54) is 23.1 Å². The minimum atomic E-state index is -4.43. The third-order valence-electron chi connectivity index (χ3n) is 7.03. The van der Waals surface area contributed by atoms with E-state index in [1.54, 1.807) is 29.5 Å². The number of thiophene rings is 1. The summed E-state index contributed by atoms with van der Waals surface area (Å²) in [7, 11) is 0. The molecule has 0 unspecified atom stereocenters. The van der Waals surface area contributed by atoms with E-state index in [-0.39, 0.29) is 24.2 Å². The van der Waals surface area contributed by atoms with Crippen molar-refractivity contribution in [2.45, 2.75) is 31.6 Å². The van der Waals surface area contributed by atoms with Gasteiger partial charge in [-0.3, -0.25) is 9.69 Å². The third kappa shape index (κ3) is 5.42. The van der Waals surface area contributed by atoms with Crippen molar-refractivity contribution < 1.29 is 22.4 Å². The van der Waals surface area contributed by atoms with Gasteiger partial charge in [0.1, 0.15) is 5.82 Å². The molecular weight excluding hydrogens is 490 g/mol. The summed E-state index contributed by atoms with van der Waals surface area (Å²) in [6.07, 6.45) is -3.45. The Balaban J connectivity index is 1.37. The number of halogens is 4. The predicted molar refractivity (Wildman–Crippen MR) is 132 cm³/mol. The van der Waals surface area contributed by atoms with Crippen LogP contribution < -0.4 is 10.2 Å². The van der Waals surface area contributed by atoms with Crippen LogP contribution in [0.5, 0.6) is 0 Å². The van der Waals surface area contributed by atoms with Gasteiger partial charge in [-0.05, 0) is 65.7 Å². The van der Waals surface area contributed by atoms with Crippen molar-refractivity contribution in [3.8, 4) is 0 Å². The fourth-order valence-electron chi connectivity index (χ4n) is 5.25. The van der Waals surface area contributed by atoms with E-state index in [0.717, 1.165) is 23.7 Å². The van der Waals surface area contributed by atoms with E-state index in [2.05, 4.69) is 15.1 Å².